The Morgan fingerprint density at radius 3 is 2.41 bits per heavy atom. The second-order valence-electron chi connectivity index (χ2n) is 9.22. The van der Waals surface area contributed by atoms with Gasteiger partial charge < -0.3 is 19.4 Å². The number of nitrogens with zero attached hydrogens (tertiary/aromatic N) is 2. The number of hydrogen-bond acceptors (Lipinski definition) is 6. The van der Waals surface area contributed by atoms with E-state index in [1.807, 2.05) is 25.1 Å². The summed E-state index contributed by atoms with van der Waals surface area (Å²) in [5.41, 5.74) is 1.86. The number of para-hydroxylation sites is 1. The normalized spacial score (nSPS) is 13.0. The molecule has 10 heteroatoms. The monoisotopic (exact) mass is 541 g/mol. The molecule has 0 unspecified atom stereocenters. The van der Waals surface area contributed by atoms with E-state index >= 15 is 0 Å². The third-order valence-electron chi connectivity index (χ3n) is 6.56. The van der Waals surface area contributed by atoms with E-state index in [1.54, 1.807) is 55.7 Å². The number of hydrogen-bond donors (Lipinski definition) is 1. The molecule has 2 aromatic heterocycles. The Balaban J connectivity index is 1.61. The first-order chi connectivity index (χ1) is 18.7. The van der Waals surface area contributed by atoms with Crippen LogP contribution in [0, 0.1) is 6.92 Å². The highest BCUT2D eigenvalue weighted by atomic mass is 32.2. The van der Waals surface area contributed by atoms with Gasteiger partial charge in [-0.1, -0.05) is 35.9 Å². The topological polar surface area (TPSA) is 109 Å². The van der Waals surface area contributed by atoms with Crippen LogP contribution in [-0.2, 0) is 21.9 Å². The lowest BCUT2D eigenvalue weighted by Crippen LogP contribution is -2.26. The van der Waals surface area contributed by atoms with Crippen LogP contribution >= 0.6 is 0 Å². The van der Waals surface area contributed by atoms with Crippen LogP contribution in [0.5, 0.6) is 17.2 Å². The summed E-state index contributed by atoms with van der Waals surface area (Å²) < 4.78 is 41.4. The van der Waals surface area contributed by atoms with Crippen molar-refractivity contribution in [3.63, 3.8) is 0 Å². The largest absolute Gasteiger partial charge is 0.481 e. The maximum atomic E-state index is 13.6. The van der Waals surface area contributed by atoms with Gasteiger partial charge in [-0.15, -0.1) is 0 Å². The molecule has 0 spiro atoms. The summed E-state index contributed by atoms with van der Waals surface area (Å²) in [5.74, 6) is 0.928. The van der Waals surface area contributed by atoms with Gasteiger partial charge in [0.2, 0.25) is 0 Å². The summed E-state index contributed by atoms with van der Waals surface area (Å²) >= 11 is 0. The fraction of sp³-hybridized carbons (Fsp3) is 0.103. The molecule has 3 aromatic carbocycles. The number of rotatable bonds is 5. The number of pyridine rings is 1. The summed E-state index contributed by atoms with van der Waals surface area (Å²) in [5, 5.41) is 3.24. The van der Waals surface area contributed by atoms with Gasteiger partial charge in [-0.3, -0.25) is 9.59 Å². The van der Waals surface area contributed by atoms with Crippen LogP contribution in [0.25, 0.3) is 22.0 Å². The average Bonchev–Trinajstić information content (AvgIpc) is 3.39. The van der Waals surface area contributed by atoms with Crippen LogP contribution in [0.2, 0.25) is 0 Å². The number of ether oxygens (including phenoxy) is 2. The van der Waals surface area contributed by atoms with Gasteiger partial charge in [-0.2, -0.15) is 0 Å². The molecule has 3 heterocycles. The summed E-state index contributed by atoms with van der Waals surface area (Å²) in [7, 11) is -2.50. The van der Waals surface area contributed by atoms with Crippen LogP contribution in [0.4, 0.5) is 5.69 Å². The van der Waals surface area contributed by atoms with E-state index in [4.69, 9.17) is 9.47 Å². The maximum Gasteiger partial charge on any atom is 0.275 e. The minimum absolute atomic E-state index is 0.000702. The van der Waals surface area contributed by atoms with Crippen LogP contribution < -0.4 is 20.3 Å². The summed E-state index contributed by atoms with van der Waals surface area (Å²) in [4.78, 5) is 25.7. The number of aromatic nitrogens is 2. The number of fused-ring (bicyclic) bond motifs is 2. The molecule has 1 N–H and O–H groups in total. The minimum Gasteiger partial charge on any atom is -0.481 e. The lowest BCUT2D eigenvalue weighted by Gasteiger charge is -2.23. The fourth-order valence-corrected chi connectivity index (χ4v) is 5.96. The maximum absolute atomic E-state index is 13.6. The van der Waals surface area contributed by atoms with Crippen LogP contribution in [0.3, 0.4) is 0 Å². The van der Waals surface area contributed by atoms with Gasteiger partial charge in [0.15, 0.2) is 12.4 Å². The second-order valence-corrected chi connectivity index (χ2v) is 11.0. The Bertz CT molecular complexity index is 1920. The first-order valence-corrected chi connectivity index (χ1v) is 13.5. The lowest BCUT2D eigenvalue weighted by atomic mass is 10.0. The molecule has 1 aliphatic rings. The van der Waals surface area contributed by atoms with Crippen molar-refractivity contribution in [1.29, 1.82) is 0 Å². The van der Waals surface area contributed by atoms with Gasteiger partial charge >= 0.3 is 0 Å². The van der Waals surface area contributed by atoms with Crippen LogP contribution in [0.1, 0.15) is 5.56 Å². The van der Waals surface area contributed by atoms with Gasteiger partial charge in [0.25, 0.3) is 21.5 Å². The van der Waals surface area contributed by atoms with Crippen molar-refractivity contribution >= 4 is 32.5 Å². The molecule has 0 saturated carbocycles. The van der Waals surface area contributed by atoms with Crippen molar-refractivity contribution in [3.8, 4) is 28.4 Å². The fourth-order valence-electron chi connectivity index (χ4n) is 4.62. The number of aryl methyl sites for hydroxylation is 2. The first kappa shape index (κ1) is 24.5. The minimum atomic E-state index is -4.06. The number of benzene rings is 3. The van der Waals surface area contributed by atoms with Crippen LogP contribution in [0.15, 0.2) is 94.9 Å². The predicted molar refractivity (Wildman–Crippen MR) is 147 cm³/mol. The van der Waals surface area contributed by atoms with E-state index < -0.39 is 15.6 Å². The molecule has 9 nitrogen and oxygen atoms in total. The van der Waals surface area contributed by atoms with E-state index in [9.17, 15) is 18.0 Å². The molecule has 0 fully saturated rings. The van der Waals surface area contributed by atoms with Gasteiger partial charge in [-0.25, -0.2) is 12.4 Å². The molecule has 1 amide bonds. The van der Waals surface area contributed by atoms with Crippen LogP contribution in [-0.4, -0.2) is 29.5 Å². The van der Waals surface area contributed by atoms with Crippen molar-refractivity contribution in [1.82, 2.24) is 8.54 Å². The molecule has 0 radical (unpaired) electrons. The highest BCUT2D eigenvalue weighted by molar-refractivity contribution is 7.90. The number of nitrogens with one attached hydrogen (secondary N) is 1. The van der Waals surface area contributed by atoms with Crippen molar-refractivity contribution < 1.29 is 22.7 Å². The molecule has 0 atom stereocenters. The highest BCUT2D eigenvalue weighted by Gasteiger charge is 2.27. The van der Waals surface area contributed by atoms with E-state index in [0.717, 1.165) is 9.54 Å². The summed E-state index contributed by atoms with van der Waals surface area (Å²) in [6, 6.07) is 20.6. The number of amides is 1. The quantitative estimate of drug-likeness (QED) is 0.346. The van der Waals surface area contributed by atoms with E-state index in [-0.39, 0.29) is 22.9 Å². The number of anilines is 1. The van der Waals surface area contributed by atoms with Crippen molar-refractivity contribution in [2.24, 2.45) is 7.05 Å². The summed E-state index contributed by atoms with van der Waals surface area (Å²) in [6.07, 6.45) is 3.00. The molecule has 0 aliphatic carbocycles. The second kappa shape index (κ2) is 9.17. The van der Waals surface area contributed by atoms with Gasteiger partial charge in [0.1, 0.15) is 22.7 Å². The Hall–Kier alpha value is -4.83. The van der Waals surface area contributed by atoms with Crippen molar-refractivity contribution in [3.05, 3.63) is 101 Å². The zero-order valence-corrected chi connectivity index (χ0v) is 21.9. The molecule has 39 heavy (non-hydrogen) atoms. The first-order valence-electron chi connectivity index (χ1n) is 12.1. The van der Waals surface area contributed by atoms with Crippen molar-refractivity contribution in [2.45, 2.75) is 11.8 Å². The molecule has 6 rings (SSSR count). The molecular formula is C29H23N3O6S. The molecular weight excluding hydrogens is 518 g/mol. The van der Waals surface area contributed by atoms with Gasteiger partial charge in [0, 0.05) is 36.0 Å². The zero-order valence-electron chi connectivity index (χ0n) is 21.0. The van der Waals surface area contributed by atoms with Gasteiger partial charge in [-0.05, 0) is 49.4 Å². The third-order valence-corrected chi connectivity index (χ3v) is 8.25. The number of carbonyl (C=O) groups is 1. The Kier molecular flexibility index (Phi) is 5.76. The molecule has 5 aromatic rings. The third kappa shape index (κ3) is 4.15. The Labute approximate surface area is 223 Å². The van der Waals surface area contributed by atoms with Gasteiger partial charge in [0.05, 0.1) is 4.90 Å². The zero-order chi connectivity index (χ0) is 27.3. The van der Waals surface area contributed by atoms with E-state index in [1.165, 1.54) is 22.9 Å². The Morgan fingerprint density at radius 2 is 1.67 bits per heavy atom. The summed E-state index contributed by atoms with van der Waals surface area (Å²) in [6.45, 7) is 1.74. The molecule has 0 saturated heterocycles. The molecule has 1 aliphatic heterocycles. The van der Waals surface area contributed by atoms with Crippen molar-refractivity contribution in [2.75, 3.05) is 11.9 Å². The highest BCUT2D eigenvalue weighted by Crippen LogP contribution is 2.47. The molecule has 0 bridgehead atoms. The van der Waals surface area contributed by atoms with E-state index in [0.29, 0.717) is 39.4 Å². The SMILES string of the molecule is Cc1ccc(S(=O)(=O)n2ccc3c(-c4ccc5c(c4Oc4ccccc4)NC(=O)CO5)cn(C)c(=O)c32)cc1. The smallest absolute Gasteiger partial charge is 0.275 e. The standard InChI is InChI=1S/C29H23N3O6S/c1-18-8-10-20(11-9-18)39(35,36)32-15-14-21-23(16-31(2)29(34)27(21)32)22-12-13-24-26(30-25(33)17-37-24)28(22)38-19-6-4-3-5-7-19/h3-16H,17H2,1-2H3,(H,30,33). The molecule has 196 valence electrons. The number of carbonyl (C=O) groups excluding carboxylic acids is 1. The van der Waals surface area contributed by atoms with E-state index in [2.05, 4.69) is 5.32 Å². The predicted octanol–water partition coefficient (Wildman–Crippen LogP) is 4.68. The Morgan fingerprint density at radius 1 is 0.923 bits per heavy atom. The lowest BCUT2D eigenvalue weighted by molar-refractivity contribution is -0.118. The average molecular weight is 542 g/mol.